The lowest BCUT2D eigenvalue weighted by Crippen LogP contribution is -2.19. The Bertz CT molecular complexity index is 885. The summed E-state index contributed by atoms with van der Waals surface area (Å²) in [5.41, 5.74) is 3.60. The van der Waals surface area contributed by atoms with Crippen molar-refractivity contribution in [1.29, 1.82) is 0 Å². The second kappa shape index (κ2) is 8.65. The van der Waals surface area contributed by atoms with E-state index in [0.717, 1.165) is 43.9 Å². The molecule has 2 heterocycles. The summed E-state index contributed by atoms with van der Waals surface area (Å²) in [5.74, 6) is 1.21. The molecule has 6 heteroatoms. The first-order chi connectivity index (χ1) is 13.7. The summed E-state index contributed by atoms with van der Waals surface area (Å²) >= 11 is 0. The number of hydrogen-bond donors (Lipinski definition) is 2. The number of aryl methyl sites for hydroxylation is 1. The summed E-state index contributed by atoms with van der Waals surface area (Å²) in [4.78, 5) is 7.02. The standard InChI is InChI=1S/C22H26N4O2/c27-14-13-26-20(23-22(24-26)21(28)17-7-2-1-3-8-17)11-6-12-25-15-18-9-4-5-10-19(18)16-25/h1-5,7-10,21,27-28H,6,11-16H2. The van der Waals surface area contributed by atoms with Crippen molar-refractivity contribution in [3.8, 4) is 0 Å². The number of hydrogen-bond acceptors (Lipinski definition) is 5. The number of aliphatic hydroxyl groups excluding tert-OH is 2. The molecule has 1 aliphatic heterocycles. The van der Waals surface area contributed by atoms with Gasteiger partial charge < -0.3 is 10.2 Å². The molecule has 0 saturated carbocycles. The SMILES string of the molecule is OCCn1nc(C(O)c2ccccc2)nc1CCCN1Cc2ccccc2C1. The van der Waals surface area contributed by atoms with Crippen molar-refractivity contribution >= 4 is 0 Å². The summed E-state index contributed by atoms with van der Waals surface area (Å²) < 4.78 is 1.72. The summed E-state index contributed by atoms with van der Waals surface area (Å²) in [7, 11) is 0. The minimum Gasteiger partial charge on any atom is -0.394 e. The van der Waals surface area contributed by atoms with Gasteiger partial charge in [0.2, 0.25) is 0 Å². The third kappa shape index (κ3) is 4.14. The van der Waals surface area contributed by atoms with Crippen LogP contribution in [0.15, 0.2) is 54.6 Å². The number of fused-ring (bicyclic) bond motifs is 1. The molecule has 2 aromatic carbocycles. The molecule has 0 aliphatic carbocycles. The van der Waals surface area contributed by atoms with E-state index in [1.165, 1.54) is 11.1 Å². The van der Waals surface area contributed by atoms with E-state index in [2.05, 4.69) is 39.2 Å². The summed E-state index contributed by atoms with van der Waals surface area (Å²) in [6.07, 6.45) is 0.869. The first-order valence-electron chi connectivity index (χ1n) is 9.81. The minimum absolute atomic E-state index is 0.00132. The van der Waals surface area contributed by atoms with E-state index >= 15 is 0 Å². The van der Waals surface area contributed by atoms with Crippen LogP contribution in [-0.2, 0) is 26.1 Å². The molecule has 146 valence electrons. The zero-order chi connectivity index (χ0) is 19.3. The van der Waals surface area contributed by atoms with E-state index in [1.807, 2.05) is 30.3 Å². The number of aromatic nitrogens is 3. The van der Waals surface area contributed by atoms with E-state index in [-0.39, 0.29) is 6.61 Å². The van der Waals surface area contributed by atoms with Gasteiger partial charge in [-0.2, -0.15) is 5.10 Å². The van der Waals surface area contributed by atoms with Gasteiger partial charge in [-0.3, -0.25) is 4.90 Å². The third-order valence-corrected chi connectivity index (χ3v) is 5.22. The van der Waals surface area contributed by atoms with Crippen LogP contribution in [0, 0.1) is 0 Å². The van der Waals surface area contributed by atoms with E-state index in [1.54, 1.807) is 4.68 Å². The number of rotatable bonds is 8. The molecule has 1 aromatic heterocycles. The van der Waals surface area contributed by atoms with Gasteiger partial charge in [-0.25, -0.2) is 9.67 Å². The lowest BCUT2D eigenvalue weighted by atomic mass is 10.1. The Morgan fingerprint density at radius 1 is 0.929 bits per heavy atom. The van der Waals surface area contributed by atoms with Crippen LogP contribution in [-0.4, -0.2) is 43.0 Å². The molecule has 0 saturated heterocycles. The lowest BCUT2D eigenvalue weighted by Gasteiger charge is -2.14. The summed E-state index contributed by atoms with van der Waals surface area (Å²) in [5, 5.41) is 24.4. The van der Waals surface area contributed by atoms with Gasteiger partial charge in [0, 0.05) is 19.5 Å². The average Bonchev–Trinajstić information content (AvgIpc) is 3.32. The molecular formula is C22H26N4O2. The fourth-order valence-corrected chi connectivity index (χ4v) is 3.78. The molecule has 28 heavy (non-hydrogen) atoms. The Morgan fingerprint density at radius 3 is 2.29 bits per heavy atom. The summed E-state index contributed by atoms with van der Waals surface area (Å²) in [6, 6.07) is 18.0. The normalized spacial score (nSPS) is 14.9. The molecule has 1 aliphatic rings. The highest BCUT2D eigenvalue weighted by Gasteiger charge is 2.20. The van der Waals surface area contributed by atoms with Crippen molar-refractivity contribution in [2.75, 3.05) is 13.2 Å². The van der Waals surface area contributed by atoms with Gasteiger partial charge in [0.1, 0.15) is 11.9 Å². The van der Waals surface area contributed by atoms with Gasteiger partial charge in [-0.05, 0) is 29.7 Å². The van der Waals surface area contributed by atoms with Crippen LogP contribution >= 0.6 is 0 Å². The molecule has 1 atom stereocenters. The second-order valence-electron chi connectivity index (χ2n) is 7.23. The highest BCUT2D eigenvalue weighted by atomic mass is 16.3. The molecule has 2 N–H and O–H groups in total. The Labute approximate surface area is 165 Å². The first-order valence-corrected chi connectivity index (χ1v) is 9.81. The minimum atomic E-state index is -0.854. The van der Waals surface area contributed by atoms with Crippen LogP contribution in [0.1, 0.15) is 40.9 Å². The van der Waals surface area contributed by atoms with Crippen molar-refractivity contribution in [3.63, 3.8) is 0 Å². The van der Waals surface area contributed by atoms with Crippen LogP contribution in [0.5, 0.6) is 0 Å². The fraction of sp³-hybridized carbons (Fsp3) is 0.364. The number of benzene rings is 2. The molecule has 1 unspecified atom stereocenters. The van der Waals surface area contributed by atoms with Crippen LogP contribution < -0.4 is 0 Å². The second-order valence-corrected chi connectivity index (χ2v) is 7.23. The smallest absolute Gasteiger partial charge is 0.183 e. The van der Waals surface area contributed by atoms with Crippen molar-refractivity contribution in [3.05, 3.63) is 82.9 Å². The molecule has 0 bridgehead atoms. The fourth-order valence-electron chi connectivity index (χ4n) is 3.78. The third-order valence-electron chi connectivity index (χ3n) is 5.22. The zero-order valence-corrected chi connectivity index (χ0v) is 15.9. The maximum absolute atomic E-state index is 10.6. The van der Waals surface area contributed by atoms with Crippen LogP contribution in [0.2, 0.25) is 0 Å². The molecule has 4 rings (SSSR count). The highest BCUT2D eigenvalue weighted by Crippen LogP contribution is 2.23. The van der Waals surface area contributed by atoms with E-state index in [4.69, 9.17) is 0 Å². The molecule has 3 aromatic rings. The highest BCUT2D eigenvalue weighted by molar-refractivity contribution is 5.30. The Balaban J connectivity index is 1.39. The predicted octanol–water partition coefficient (Wildman–Crippen LogP) is 2.30. The predicted molar refractivity (Wildman–Crippen MR) is 106 cm³/mol. The largest absolute Gasteiger partial charge is 0.394 e. The number of nitrogens with zero attached hydrogens (tertiary/aromatic N) is 4. The average molecular weight is 378 g/mol. The van der Waals surface area contributed by atoms with Crippen LogP contribution in [0.4, 0.5) is 0 Å². The van der Waals surface area contributed by atoms with Gasteiger partial charge in [0.15, 0.2) is 5.82 Å². The van der Waals surface area contributed by atoms with Gasteiger partial charge >= 0.3 is 0 Å². The Kier molecular flexibility index (Phi) is 5.81. The molecule has 0 amide bonds. The van der Waals surface area contributed by atoms with E-state index < -0.39 is 6.10 Å². The van der Waals surface area contributed by atoms with Crippen LogP contribution in [0.25, 0.3) is 0 Å². The molecule has 0 radical (unpaired) electrons. The van der Waals surface area contributed by atoms with Gasteiger partial charge in [-0.1, -0.05) is 54.6 Å². The molecule has 0 spiro atoms. The molecular weight excluding hydrogens is 352 g/mol. The zero-order valence-electron chi connectivity index (χ0n) is 15.9. The van der Waals surface area contributed by atoms with Crippen molar-refractivity contribution in [2.45, 2.75) is 38.6 Å². The van der Waals surface area contributed by atoms with Gasteiger partial charge in [0.25, 0.3) is 0 Å². The molecule has 0 fully saturated rings. The topological polar surface area (TPSA) is 74.4 Å². The first kappa shape index (κ1) is 18.8. The van der Waals surface area contributed by atoms with E-state index in [0.29, 0.717) is 12.4 Å². The van der Waals surface area contributed by atoms with E-state index in [9.17, 15) is 10.2 Å². The lowest BCUT2D eigenvalue weighted by molar-refractivity contribution is 0.208. The quantitative estimate of drug-likeness (QED) is 0.629. The van der Waals surface area contributed by atoms with Crippen molar-refractivity contribution in [1.82, 2.24) is 19.7 Å². The Hall–Kier alpha value is -2.54. The Morgan fingerprint density at radius 2 is 1.61 bits per heavy atom. The van der Waals surface area contributed by atoms with Gasteiger partial charge in [-0.15, -0.1) is 0 Å². The van der Waals surface area contributed by atoms with Crippen molar-refractivity contribution < 1.29 is 10.2 Å². The monoisotopic (exact) mass is 378 g/mol. The van der Waals surface area contributed by atoms with Crippen LogP contribution in [0.3, 0.4) is 0 Å². The van der Waals surface area contributed by atoms with Gasteiger partial charge in [0.05, 0.1) is 13.2 Å². The maximum atomic E-state index is 10.6. The maximum Gasteiger partial charge on any atom is 0.183 e. The summed E-state index contributed by atoms with van der Waals surface area (Å²) in [6.45, 7) is 3.36. The van der Waals surface area contributed by atoms with Crippen molar-refractivity contribution in [2.24, 2.45) is 0 Å². The number of aliphatic hydroxyl groups is 2. The molecule has 6 nitrogen and oxygen atoms in total.